The van der Waals surface area contributed by atoms with Crippen molar-refractivity contribution in [2.45, 2.75) is 12.2 Å². The normalized spacial score (nSPS) is 18.4. The van der Waals surface area contributed by atoms with E-state index in [0.29, 0.717) is 35.0 Å². The molecule has 4 rings (SSSR count). The van der Waals surface area contributed by atoms with Gasteiger partial charge in [-0.25, -0.2) is 5.32 Å². The maximum atomic E-state index is 12.3. The van der Waals surface area contributed by atoms with Crippen LogP contribution in [0.1, 0.15) is 17.7 Å². The zero-order valence-electron chi connectivity index (χ0n) is 16.4. The standard InChI is InChI=1S/C21H23N5O3/c1-25(2)13-7-12-22-21(26(27)28)16-9-4-5-10-17(16)23-20(24-21)19-14-15-8-3-6-11-18(15)29-19/h3-6,8-11,14,22H,7,12-13H2,1-2H3,(H,23,24). The second-order valence-corrected chi connectivity index (χ2v) is 7.29. The highest BCUT2D eigenvalue weighted by Crippen LogP contribution is 2.35. The minimum atomic E-state index is -1.78. The van der Waals surface area contributed by atoms with Crippen LogP contribution in [-0.2, 0) is 5.79 Å². The first-order valence-electron chi connectivity index (χ1n) is 9.49. The second-order valence-electron chi connectivity index (χ2n) is 7.29. The molecule has 8 nitrogen and oxygen atoms in total. The van der Waals surface area contributed by atoms with Gasteiger partial charge in [0, 0.05) is 11.9 Å². The molecule has 0 saturated carbocycles. The van der Waals surface area contributed by atoms with E-state index >= 15 is 0 Å². The van der Waals surface area contributed by atoms with Crippen LogP contribution in [0.5, 0.6) is 0 Å². The molecule has 1 aromatic heterocycles. The number of hydrogen-bond acceptors (Lipinski definition) is 7. The number of hydrogen-bond donors (Lipinski definition) is 2. The summed E-state index contributed by atoms with van der Waals surface area (Å²) in [5, 5.41) is 19.5. The predicted octanol–water partition coefficient (Wildman–Crippen LogP) is 3.23. The molecule has 2 heterocycles. The maximum absolute atomic E-state index is 12.3. The van der Waals surface area contributed by atoms with Crippen LogP contribution in [0.3, 0.4) is 0 Å². The molecule has 1 aliphatic heterocycles. The molecule has 2 N–H and O–H groups in total. The summed E-state index contributed by atoms with van der Waals surface area (Å²) in [7, 11) is 3.95. The molecule has 0 bridgehead atoms. The third-order valence-corrected chi connectivity index (χ3v) is 4.91. The second kappa shape index (κ2) is 7.65. The number of rotatable bonds is 7. The summed E-state index contributed by atoms with van der Waals surface area (Å²) in [6, 6.07) is 16.6. The summed E-state index contributed by atoms with van der Waals surface area (Å²) in [4.78, 5) is 18.5. The Kier molecular flexibility index (Phi) is 5.04. The Bertz CT molecular complexity index is 1040. The Hall–Kier alpha value is -3.23. The predicted molar refractivity (Wildman–Crippen MR) is 113 cm³/mol. The van der Waals surface area contributed by atoms with Crippen molar-refractivity contribution in [3.63, 3.8) is 0 Å². The van der Waals surface area contributed by atoms with Crippen LogP contribution in [0.15, 0.2) is 64.0 Å². The van der Waals surface area contributed by atoms with Gasteiger partial charge < -0.3 is 14.6 Å². The highest BCUT2D eigenvalue weighted by Gasteiger charge is 2.49. The minimum absolute atomic E-state index is 0.330. The first kappa shape index (κ1) is 19.1. The van der Waals surface area contributed by atoms with Crippen LogP contribution in [-0.4, -0.2) is 42.8 Å². The zero-order valence-corrected chi connectivity index (χ0v) is 16.4. The number of nitro groups is 1. The van der Waals surface area contributed by atoms with Gasteiger partial charge >= 0.3 is 5.79 Å². The molecule has 8 heteroatoms. The van der Waals surface area contributed by atoms with Crippen molar-refractivity contribution in [3.05, 3.63) is 76.0 Å². The fourth-order valence-electron chi connectivity index (χ4n) is 3.49. The van der Waals surface area contributed by atoms with Gasteiger partial charge in [-0.15, -0.1) is 0 Å². The highest BCUT2D eigenvalue weighted by molar-refractivity contribution is 6.09. The Morgan fingerprint density at radius 3 is 2.72 bits per heavy atom. The summed E-state index contributed by atoms with van der Waals surface area (Å²) >= 11 is 0. The molecule has 3 aromatic rings. The molecule has 1 atom stereocenters. The Morgan fingerprint density at radius 2 is 1.97 bits per heavy atom. The maximum Gasteiger partial charge on any atom is 0.403 e. The number of amidine groups is 1. The molecule has 0 amide bonds. The zero-order chi connectivity index (χ0) is 20.4. The quantitative estimate of drug-likeness (QED) is 0.277. The summed E-state index contributed by atoms with van der Waals surface area (Å²) in [6.45, 7) is 1.27. The van der Waals surface area contributed by atoms with Gasteiger partial charge in [0.05, 0.1) is 16.2 Å². The average Bonchev–Trinajstić information content (AvgIpc) is 3.15. The molecule has 0 spiro atoms. The summed E-state index contributed by atoms with van der Waals surface area (Å²) < 4.78 is 5.90. The lowest BCUT2D eigenvalue weighted by atomic mass is 10.0. The third-order valence-electron chi connectivity index (χ3n) is 4.91. The van der Waals surface area contributed by atoms with Crippen LogP contribution < -0.4 is 10.6 Å². The van der Waals surface area contributed by atoms with Gasteiger partial charge in [0.15, 0.2) is 11.6 Å². The van der Waals surface area contributed by atoms with Crippen molar-refractivity contribution in [2.75, 3.05) is 32.5 Å². The molecule has 2 aromatic carbocycles. The first-order valence-corrected chi connectivity index (χ1v) is 9.49. The van der Waals surface area contributed by atoms with Crippen LogP contribution >= 0.6 is 0 Å². The van der Waals surface area contributed by atoms with E-state index in [-0.39, 0.29) is 4.92 Å². The number of anilines is 1. The average molecular weight is 393 g/mol. The largest absolute Gasteiger partial charge is 0.453 e. The Morgan fingerprint density at radius 1 is 1.21 bits per heavy atom. The highest BCUT2D eigenvalue weighted by atomic mass is 16.6. The molecule has 0 radical (unpaired) electrons. The fourth-order valence-corrected chi connectivity index (χ4v) is 3.49. The molecule has 150 valence electrons. The molecule has 0 fully saturated rings. The third kappa shape index (κ3) is 3.59. The SMILES string of the molecule is CN(C)CCCNC1([N+](=O)[O-])N=C(c2cc3ccccc3o2)Nc2ccccc21. The fraction of sp³-hybridized carbons (Fsp3) is 0.286. The summed E-state index contributed by atoms with van der Waals surface area (Å²) in [5.41, 5.74) is 1.82. The van der Waals surface area contributed by atoms with Gasteiger partial charge in [-0.05, 0) is 51.3 Å². The first-order chi connectivity index (χ1) is 14.0. The lowest BCUT2D eigenvalue weighted by molar-refractivity contribution is -0.586. The molecule has 0 saturated heterocycles. The number of benzene rings is 2. The number of aliphatic imine (C=N–C) groups is 1. The lowest BCUT2D eigenvalue weighted by Gasteiger charge is -2.29. The summed E-state index contributed by atoms with van der Waals surface area (Å²) in [5.74, 6) is -0.985. The van der Waals surface area contributed by atoms with Gasteiger partial charge in [0.1, 0.15) is 5.58 Å². The topological polar surface area (TPSA) is 95.9 Å². The van der Waals surface area contributed by atoms with Crippen LogP contribution in [0.25, 0.3) is 11.0 Å². The van der Waals surface area contributed by atoms with Gasteiger partial charge in [-0.2, -0.15) is 4.99 Å². The van der Waals surface area contributed by atoms with E-state index in [9.17, 15) is 10.1 Å². The van der Waals surface area contributed by atoms with Crippen molar-refractivity contribution in [2.24, 2.45) is 4.99 Å². The molecular weight excluding hydrogens is 370 g/mol. The minimum Gasteiger partial charge on any atom is -0.453 e. The van der Waals surface area contributed by atoms with Gasteiger partial charge in [-0.3, -0.25) is 10.1 Å². The number of furan rings is 1. The smallest absolute Gasteiger partial charge is 0.403 e. The van der Waals surface area contributed by atoms with Gasteiger partial charge in [0.2, 0.25) is 0 Å². The van der Waals surface area contributed by atoms with E-state index in [1.165, 1.54) is 0 Å². The van der Waals surface area contributed by atoms with Gasteiger partial charge in [0.25, 0.3) is 0 Å². The van der Waals surface area contributed by atoms with Crippen molar-refractivity contribution in [3.8, 4) is 0 Å². The monoisotopic (exact) mass is 393 g/mol. The van der Waals surface area contributed by atoms with Crippen LogP contribution in [0.4, 0.5) is 5.69 Å². The molecule has 0 aliphatic carbocycles. The van der Waals surface area contributed by atoms with Gasteiger partial charge in [-0.1, -0.05) is 30.3 Å². The van der Waals surface area contributed by atoms with Crippen molar-refractivity contribution >= 4 is 22.5 Å². The van der Waals surface area contributed by atoms with E-state index in [1.807, 2.05) is 61.5 Å². The summed E-state index contributed by atoms with van der Waals surface area (Å²) in [6.07, 6.45) is 0.758. The van der Waals surface area contributed by atoms with Crippen molar-refractivity contribution < 1.29 is 9.34 Å². The van der Waals surface area contributed by atoms with E-state index < -0.39 is 5.79 Å². The Labute approximate surface area is 168 Å². The van der Waals surface area contributed by atoms with E-state index in [1.54, 1.807) is 12.1 Å². The number of nitrogens with zero attached hydrogens (tertiary/aromatic N) is 3. The number of fused-ring (bicyclic) bond motifs is 2. The van der Waals surface area contributed by atoms with E-state index in [0.717, 1.165) is 18.4 Å². The van der Waals surface area contributed by atoms with Crippen LogP contribution in [0, 0.1) is 10.1 Å². The molecule has 29 heavy (non-hydrogen) atoms. The molecule has 1 unspecified atom stereocenters. The molecular formula is C21H23N5O3. The van der Waals surface area contributed by atoms with E-state index in [4.69, 9.17) is 4.42 Å². The van der Waals surface area contributed by atoms with E-state index in [2.05, 4.69) is 15.6 Å². The lowest BCUT2D eigenvalue weighted by Crippen LogP contribution is -2.51. The number of nitrogens with one attached hydrogen (secondary N) is 2. The van der Waals surface area contributed by atoms with Crippen molar-refractivity contribution in [1.82, 2.24) is 10.2 Å². The Balaban J connectivity index is 1.76. The number of para-hydroxylation sites is 2. The van der Waals surface area contributed by atoms with Crippen LogP contribution in [0.2, 0.25) is 0 Å². The molecule has 1 aliphatic rings. The van der Waals surface area contributed by atoms with Crippen molar-refractivity contribution in [1.29, 1.82) is 0 Å².